The maximum Gasteiger partial charge on any atom is 0.269 e. The van der Waals surface area contributed by atoms with Gasteiger partial charge in [0.1, 0.15) is 0 Å². The molecule has 7 heteroatoms. The molecule has 0 bridgehead atoms. The molecule has 2 aliphatic rings. The number of non-ortho nitro benzene ring substituents is 1. The zero-order valence-corrected chi connectivity index (χ0v) is 15.7. The number of anilines is 1. The second-order valence-electron chi connectivity index (χ2n) is 6.95. The second kappa shape index (κ2) is 7.20. The van der Waals surface area contributed by atoms with E-state index in [4.69, 9.17) is 11.6 Å². The highest BCUT2D eigenvalue weighted by atomic mass is 35.5. The summed E-state index contributed by atoms with van der Waals surface area (Å²) in [6.45, 7) is 0. The summed E-state index contributed by atoms with van der Waals surface area (Å²) >= 11 is 6.10. The Kier molecular flexibility index (Phi) is 4.73. The Bertz CT molecular complexity index is 1030. The average molecular weight is 397 g/mol. The Morgan fingerprint density at radius 2 is 1.86 bits per heavy atom. The van der Waals surface area contributed by atoms with E-state index in [1.807, 2.05) is 0 Å². The molecule has 0 N–H and O–H groups in total. The topological polar surface area (TPSA) is 80.5 Å². The molecule has 4 rings (SSSR count). The van der Waals surface area contributed by atoms with Crippen LogP contribution in [0.2, 0.25) is 5.02 Å². The maximum atomic E-state index is 13.1. The van der Waals surface area contributed by atoms with Gasteiger partial charge in [0.05, 0.1) is 10.6 Å². The van der Waals surface area contributed by atoms with Gasteiger partial charge in [0, 0.05) is 47.2 Å². The molecule has 0 fully saturated rings. The van der Waals surface area contributed by atoms with Crippen molar-refractivity contribution < 1.29 is 14.5 Å². The Balaban J connectivity index is 1.86. The summed E-state index contributed by atoms with van der Waals surface area (Å²) in [5, 5.41) is 11.7. The lowest BCUT2D eigenvalue weighted by Crippen LogP contribution is -2.40. The number of carbonyl (C=O) groups excluding carboxylic acids is 2. The van der Waals surface area contributed by atoms with Crippen molar-refractivity contribution in [2.45, 2.75) is 31.6 Å². The minimum atomic E-state index is -0.468. The number of allylic oxidation sites excluding steroid dienone is 2. The van der Waals surface area contributed by atoms with Crippen LogP contribution in [0, 0.1) is 10.1 Å². The number of nitro groups is 1. The summed E-state index contributed by atoms with van der Waals surface area (Å²) < 4.78 is 0. The number of benzene rings is 2. The molecule has 1 aliphatic heterocycles. The van der Waals surface area contributed by atoms with Crippen LogP contribution in [-0.4, -0.2) is 16.6 Å². The first-order valence-electron chi connectivity index (χ1n) is 9.05. The maximum absolute atomic E-state index is 13.1. The van der Waals surface area contributed by atoms with Crippen LogP contribution in [0.15, 0.2) is 59.8 Å². The molecule has 0 aromatic heterocycles. The van der Waals surface area contributed by atoms with Crippen molar-refractivity contribution >= 4 is 34.7 Å². The number of hydrogen-bond acceptors (Lipinski definition) is 4. The third-order valence-electron chi connectivity index (χ3n) is 5.23. The first-order chi connectivity index (χ1) is 13.5. The Hall–Kier alpha value is -2.99. The lowest BCUT2D eigenvalue weighted by atomic mass is 9.77. The number of ketones is 1. The van der Waals surface area contributed by atoms with Crippen LogP contribution < -0.4 is 4.90 Å². The number of carbonyl (C=O) groups is 2. The average Bonchev–Trinajstić information content (AvgIpc) is 2.67. The van der Waals surface area contributed by atoms with Crippen LogP contribution in [0.1, 0.15) is 37.2 Å². The van der Waals surface area contributed by atoms with Crippen LogP contribution in [0.5, 0.6) is 0 Å². The smallest absolute Gasteiger partial charge is 0.269 e. The molecule has 1 aliphatic carbocycles. The van der Waals surface area contributed by atoms with E-state index in [9.17, 15) is 19.7 Å². The molecule has 1 atom stereocenters. The van der Waals surface area contributed by atoms with Gasteiger partial charge < -0.3 is 0 Å². The predicted molar refractivity (Wildman–Crippen MR) is 105 cm³/mol. The van der Waals surface area contributed by atoms with Crippen molar-refractivity contribution in [3.63, 3.8) is 0 Å². The number of halogens is 1. The van der Waals surface area contributed by atoms with Gasteiger partial charge in [0.25, 0.3) is 5.69 Å². The summed E-state index contributed by atoms with van der Waals surface area (Å²) in [7, 11) is 0. The van der Waals surface area contributed by atoms with Crippen molar-refractivity contribution in [3.05, 3.63) is 80.5 Å². The van der Waals surface area contributed by atoms with E-state index in [1.165, 1.54) is 12.1 Å². The fourth-order valence-corrected chi connectivity index (χ4v) is 4.23. The van der Waals surface area contributed by atoms with Gasteiger partial charge in [-0.25, -0.2) is 0 Å². The monoisotopic (exact) mass is 396 g/mol. The number of nitro benzene ring substituents is 1. The minimum absolute atomic E-state index is 0.00251. The minimum Gasteiger partial charge on any atom is -0.294 e. The molecule has 6 nitrogen and oxygen atoms in total. The molecule has 1 amide bonds. The van der Waals surface area contributed by atoms with Crippen LogP contribution in [0.25, 0.3) is 0 Å². The quantitative estimate of drug-likeness (QED) is 0.552. The first-order valence-corrected chi connectivity index (χ1v) is 9.42. The molecule has 0 radical (unpaired) electrons. The first kappa shape index (κ1) is 18.4. The number of hydrogen-bond donors (Lipinski definition) is 0. The number of Topliss-reactive ketones (excluding diaryl/α,β-unsaturated/α-hetero) is 1. The van der Waals surface area contributed by atoms with Crippen LogP contribution >= 0.6 is 11.6 Å². The summed E-state index contributed by atoms with van der Waals surface area (Å²) in [6.07, 6.45) is 1.77. The van der Waals surface area contributed by atoms with E-state index in [0.717, 1.165) is 0 Å². The van der Waals surface area contributed by atoms with E-state index in [2.05, 4.69) is 0 Å². The van der Waals surface area contributed by atoms with Crippen molar-refractivity contribution in [3.8, 4) is 0 Å². The molecule has 2 aromatic rings. The van der Waals surface area contributed by atoms with Crippen molar-refractivity contribution in [2.75, 3.05) is 4.90 Å². The fraction of sp³-hybridized carbons (Fsp3) is 0.238. The molecule has 142 valence electrons. The van der Waals surface area contributed by atoms with Crippen LogP contribution in [0.4, 0.5) is 11.4 Å². The predicted octanol–water partition coefficient (Wildman–Crippen LogP) is 4.78. The Morgan fingerprint density at radius 3 is 2.61 bits per heavy atom. The van der Waals surface area contributed by atoms with Gasteiger partial charge in [-0.3, -0.25) is 24.6 Å². The third-order valence-corrected chi connectivity index (χ3v) is 5.46. The van der Waals surface area contributed by atoms with E-state index < -0.39 is 10.8 Å². The SMILES string of the molecule is O=C1CCCC2=C1C(c1cccc([N+](=O)[O-])c1)CC(=O)N2c1cccc(Cl)c1. The van der Waals surface area contributed by atoms with E-state index in [-0.39, 0.29) is 23.8 Å². The zero-order valence-electron chi connectivity index (χ0n) is 14.9. The highest BCUT2D eigenvalue weighted by molar-refractivity contribution is 6.31. The number of rotatable bonds is 3. The van der Waals surface area contributed by atoms with Crippen molar-refractivity contribution in [2.24, 2.45) is 0 Å². The van der Waals surface area contributed by atoms with Crippen molar-refractivity contribution in [1.82, 2.24) is 0 Å². The summed E-state index contributed by atoms with van der Waals surface area (Å²) in [5.74, 6) is -0.616. The molecule has 1 heterocycles. The summed E-state index contributed by atoms with van der Waals surface area (Å²) in [4.78, 5) is 38.2. The molecule has 0 saturated carbocycles. The van der Waals surface area contributed by atoms with Crippen LogP contribution in [-0.2, 0) is 9.59 Å². The standard InChI is InChI=1S/C21H17ClN2O4/c22-14-5-2-6-15(11-14)23-18-8-3-9-19(25)21(18)17(12-20(23)26)13-4-1-7-16(10-13)24(27)28/h1-2,4-7,10-11,17H,3,8-9,12H2. The molecule has 28 heavy (non-hydrogen) atoms. The van der Waals surface area contributed by atoms with Gasteiger partial charge in [0.2, 0.25) is 5.91 Å². The van der Waals surface area contributed by atoms with Gasteiger partial charge in [-0.15, -0.1) is 0 Å². The van der Waals surface area contributed by atoms with Gasteiger partial charge >= 0.3 is 0 Å². The Labute approximate surface area is 166 Å². The van der Waals surface area contributed by atoms with Gasteiger partial charge in [-0.1, -0.05) is 29.8 Å². The lowest BCUT2D eigenvalue weighted by Gasteiger charge is -2.38. The molecule has 2 aromatic carbocycles. The van der Waals surface area contributed by atoms with Crippen molar-refractivity contribution in [1.29, 1.82) is 0 Å². The van der Waals surface area contributed by atoms with Crippen LogP contribution in [0.3, 0.4) is 0 Å². The van der Waals surface area contributed by atoms with E-state index >= 15 is 0 Å². The van der Waals surface area contributed by atoms with E-state index in [1.54, 1.807) is 41.3 Å². The molecule has 0 spiro atoms. The highest BCUT2D eigenvalue weighted by Crippen LogP contribution is 2.44. The van der Waals surface area contributed by atoms with Gasteiger partial charge in [-0.05, 0) is 36.6 Å². The fourth-order valence-electron chi connectivity index (χ4n) is 4.05. The summed E-state index contributed by atoms with van der Waals surface area (Å²) in [5.41, 5.74) is 2.48. The molecule has 0 saturated heterocycles. The normalized spacial score (nSPS) is 19.6. The highest BCUT2D eigenvalue weighted by Gasteiger charge is 2.40. The molecule has 1 unspecified atom stereocenters. The lowest BCUT2D eigenvalue weighted by molar-refractivity contribution is -0.384. The third kappa shape index (κ3) is 3.20. The second-order valence-corrected chi connectivity index (χ2v) is 7.39. The molecular weight excluding hydrogens is 380 g/mol. The summed E-state index contributed by atoms with van der Waals surface area (Å²) in [6, 6.07) is 13.2. The largest absolute Gasteiger partial charge is 0.294 e. The number of nitrogens with zero attached hydrogens (tertiary/aromatic N) is 2. The van der Waals surface area contributed by atoms with Gasteiger partial charge in [-0.2, -0.15) is 0 Å². The Morgan fingerprint density at radius 1 is 1.07 bits per heavy atom. The van der Waals surface area contributed by atoms with E-state index in [0.29, 0.717) is 46.8 Å². The number of amides is 1. The zero-order chi connectivity index (χ0) is 19.8. The molecular formula is C21H17ClN2O4. The van der Waals surface area contributed by atoms with Gasteiger partial charge in [0.15, 0.2) is 5.78 Å².